The summed E-state index contributed by atoms with van der Waals surface area (Å²) in [7, 11) is 0. The lowest BCUT2D eigenvalue weighted by atomic mass is 9.44. The van der Waals surface area contributed by atoms with Crippen LogP contribution in [-0.4, -0.2) is 17.5 Å². The monoisotopic (exact) mass is 342 g/mol. The maximum Gasteiger partial charge on any atom is 0.139 e. The van der Waals surface area contributed by atoms with E-state index in [9.17, 15) is 4.79 Å². The first-order valence-electron chi connectivity index (χ1n) is 10.5. The van der Waals surface area contributed by atoms with Crippen LogP contribution in [0.15, 0.2) is 11.6 Å². The molecule has 1 heterocycles. The molecule has 1 saturated heterocycles. The Morgan fingerprint density at radius 3 is 2.68 bits per heavy atom. The van der Waals surface area contributed by atoms with E-state index in [0.717, 1.165) is 19.3 Å². The van der Waals surface area contributed by atoms with Crippen LogP contribution in [0.2, 0.25) is 0 Å². The molecule has 0 aromatic rings. The minimum absolute atomic E-state index is 0.0392. The molecule has 138 valence electrons. The molecule has 2 nitrogen and oxygen atoms in total. The molecule has 0 amide bonds. The summed E-state index contributed by atoms with van der Waals surface area (Å²) in [4.78, 5) is 12.7. The summed E-state index contributed by atoms with van der Waals surface area (Å²) in [5.41, 5.74) is 2.20. The summed E-state index contributed by atoms with van der Waals surface area (Å²) >= 11 is 0. The van der Waals surface area contributed by atoms with Crippen LogP contribution in [0, 0.1) is 34.0 Å². The molecule has 0 radical (unpaired) electrons. The topological polar surface area (TPSA) is 26.3 Å². The minimum atomic E-state index is -0.0965. The van der Waals surface area contributed by atoms with Crippen molar-refractivity contribution < 1.29 is 9.53 Å². The zero-order valence-electron chi connectivity index (χ0n) is 16.7. The molecule has 2 heteroatoms. The summed E-state index contributed by atoms with van der Waals surface area (Å²) in [6.45, 7) is 11.9. The Kier molecular flexibility index (Phi) is 3.05. The molecule has 4 fully saturated rings. The smallest absolute Gasteiger partial charge is 0.139 e. The largest absolute Gasteiger partial charge is 0.371 e. The lowest BCUT2D eigenvalue weighted by molar-refractivity contribution is -0.153. The lowest BCUT2D eigenvalue weighted by Crippen LogP contribution is -2.59. The van der Waals surface area contributed by atoms with Crippen molar-refractivity contribution in [3.63, 3.8) is 0 Å². The molecule has 7 atom stereocenters. The van der Waals surface area contributed by atoms with E-state index >= 15 is 0 Å². The molecule has 0 aromatic carbocycles. The number of Topliss-reactive ketones (excluding diaryl/α,β-unsaturated/α-hetero) is 1. The summed E-state index contributed by atoms with van der Waals surface area (Å²) in [6, 6.07) is 0. The van der Waals surface area contributed by atoms with Gasteiger partial charge < -0.3 is 4.74 Å². The lowest BCUT2D eigenvalue weighted by Gasteiger charge is -2.61. The Morgan fingerprint density at radius 1 is 1.16 bits per heavy atom. The van der Waals surface area contributed by atoms with Crippen molar-refractivity contribution in [2.24, 2.45) is 34.0 Å². The molecular formula is C23H34O2. The number of hydrogen-bond acceptors (Lipinski definition) is 2. The van der Waals surface area contributed by atoms with Gasteiger partial charge in [-0.15, -0.1) is 0 Å². The Hall–Kier alpha value is -0.630. The van der Waals surface area contributed by atoms with Crippen molar-refractivity contribution >= 4 is 5.78 Å². The number of carbonyl (C=O) groups excluding carboxylic acids is 1. The highest BCUT2D eigenvalue weighted by molar-refractivity contribution is 5.87. The number of allylic oxidation sites excluding steroid dienone is 1. The van der Waals surface area contributed by atoms with Gasteiger partial charge in [0.2, 0.25) is 0 Å². The second-order valence-electron chi connectivity index (χ2n) is 11.2. The van der Waals surface area contributed by atoms with Crippen LogP contribution in [-0.2, 0) is 9.53 Å². The van der Waals surface area contributed by atoms with Gasteiger partial charge in [0.1, 0.15) is 5.78 Å². The van der Waals surface area contributed by atoms with Crippen LogP contribution in [0.3, 0.4) is 0 Å². The number of carbonyl (C=O) groups is 1. The molecule has 1 aliphatic heterocycles. The van der Waals surface area contributed by atoms with Crippen molar-refractivity contribution in [1.29, 1.82) is 0 Å². The third-order valence-corrected chi connectivity index (χ3v) is 9.43. The van der Waals surface area contributed by atoms with Gasteiger partial charge in [-0.1, -0.05) is 39.3 Å². The second-order valence-corrected chi connectivity index (χ2v) is 11.2. The fourth-order valence-corrected chi connectivity index (χ4v) is 7.94. The first kappa shape index (κ1) is 16.5. The summed E-state index contributed by atoms with van der Waals surface area (Å²) in [5.74, 6) is 2.27. The predicted octanol–water partition coefficient (Wildman–Crippen LogP) is 5.31. The van der Waals surface area contributed by atoms with Crippen LogP contribution < -0.4 is 0 Å². The normalized spacial score (nSPS) is 56.0. The van der Waals surface area contributed by atoms with E-state index in [-0.39, 0.29) is 16.4 Å². The van der Waals surface area contributed by atoms with Crippen LogP contribution in [0.5, 0.6) is 0 Å². The first-order chi connectivity index (χ1) is 11.6. The molecule has 25 heavy (non-hydrogen) atoms. The van der Waals surface area contributed by atoms with Gasteiger partial charge in [-0.25, -0.2) is 0 Å². The quantitative estimate of drug-likeness (QED) is 0.558. The Labute approximate surface area is 152 Å². The van der Waals surface area contributed by atoms with E-state index in [4.69, 9.17) is 4.74 Å². The highest BCUT2D eigenvalue weighted by atomic mass is 16.5. The van der Waals surface area contributed by atoms with Gasteiger partial charge in [0.15, 0.2) is 0 Å². The molecule has 2 bridgehead atoms. The zero-order chi connectivity index (χ0) is 17.8. The standard InChI is InChI=1S/C23H34O2/c1-14-15-12-23(25-14)13-20(2,3)10-11-22(23,5)17-8-9-21(4)16(19(15)17)6-7-18(21)24/h8,14-16,19H,6-7,9-13H2,1-5H3/t14?,15-,16?,19?,21?,22?,23+/m0/s1. The van der Waals surface area contributed by atoms with Gasteiger partial charge >= 0.3 is 0 Å². The highest BCUT2D eigenvalue weighted by Gasteiger charge is 2.70. The van der Waals surface area contributed by atoms with Crippen LogP contribution in [0.1, 0.15) is 79.6 Å². The average Bonchev–Trinajstić information content (AvgIpc) is 2.99. The van der Waals surface area contributed by atoms with Crippen molar-refractivity contribution in [2.45, 2.75) is 91.3 Å². The zero-order valence-corrected chi connectivity index (χ0v) is 16.7. The number of rotatable bonds is 0. The van der Waals surface area contributed by atoms with Gasteiger partial charge in [-0.3, -0.25) is 4.79 Å². The van der Waals surface area contributed by atoms with Gasteiger partial charge in [-0.2, -0.15) is 0 Å². The fraction of sp³-hybridized carbons (Fsp3) is 0.870. The third kappa shape index (κ3) is 1.83. The van der Waals surface area contributed by atoms with E-state index in [2.05, 4.69) is 40.7 Å². The first-order valence-corrected chi connectivity index (χ1v) is 10.5. The molecular weight excluding hydrogens is 308 g/mol. The maximum atomic E-state index is 12.7. The highest BCUT2D eigenvalue weighted by Crippen LogP contribution is 2.72. The van der Waals surface area contributed by atoms with E-state index in [1.54, 1.807) is 5.57 Å². The summed E-state index contributed by atoms with van der Waals surface area (Å²) < 4.78 is 6.89. The molecule has 5 aliphatic rings. The summed E-state index contributed by atoms with van der Waals surface area (Å²) in [5, 5.41) is 0. The minimum Gasteiger partial charge on any atom is -0.371 e. The van der Waals surface area contributed by atoms with Crippen molar-refractivity contribution in [3.05, 3.63) is 11.6 Å². The summed E-state index contributed by atoms with van der Waals surface area (Å²) in [6.07, 6.45) is 10.7. The van der Waals surface area contributed by atoms with E-state index in [0.29, 0.717) is 35.1 Å². The van der Waals surface area contributed by atoms with Gasteiger partial charge in [0.05, 0.1) is 11.7 Å². The van der Waals surface area contributed by atoms with Gasteiger partial charge in [0, 0.05) is 17.3 Å². The molecule has 3 saturated carbocycles. The van der Waals surface area contributed by atoms with Crippen molar-refractivity contribution in [1.82, 2.24) is 0 Å². The van der Waals surface area contributed by atoms with Crippen LogP contribution in [0.4, 0.5) is 0 Å². The fourth-order valence-electron chi connectivity index (χ4n) is 7.94. The number of ether oxygens (including phenoxy) is 1. The van der Waals surface area contributed by atoms with Gasteiger partial charge in [0.25, 0.3) is 0 Å². The Balaban J connectivity index is 1.65. The molecule has 5 rings (SSSR count). The van der Waals surface area contributed by atoms with E-state index in [1.165, 1.54) is 25.7 Å². The Bertz CT molecular complexity index is 676. The third-order valence-electron chi connectivity index (χ3n) is 9.43. The number of fused-ring (bicyclic) bond motifs is 6. The molecule has 0 aromatic heterocycles. The molecule has 0 N–H and O–H groups in total. The average molecular weight is 343 g/mol. The van der Waals surface area contributed by atoms with Crippen molar-refractivity contribution in [3.8, 4) is 0 Å². The Morgan fingerprint density at radius 2 is 1.92 bits per heavy atom. The second kappa shape index (κ2) is 4.61. The number of hydrogen-bond donors (Lipinski definition) is 0. The predicted molar refractivity (Wildman–Crippen MR) is 99.2 cm³/mol. The molecule has 5 unspecified atom stereocenters. The van der Waals surface area contributed by atoms with Crippen LogP contribution >= 0.6 is 0 Å². The SMILES string of the molecule is CC1O[C@@]23C[C@@H]1C1C(=CCC4(C)C(=O)CCC14)C2(C)CCC(C)(C)C3. The maximum absolute atomic E-state index is 12.7. The molecule has 1 spiro atoms. The number of ketones is 1. The van der Waals surface area contributed by atoms with E-state index < -0.39 is 0 Å². The van der Waals surface area contributed by atoms with Gasteiger partial charge in [-0.05, 0) is 68.6 Å². The van der Waals surface area contributed by atoms with Crippen LogP contribution in [0.25, 0.3) is 0 Å². The van der Waals surface area contributed by atoms with Crippen molar-refractivity contribution in [2.75, 3.05) is 0 Å². The molecule has 4 aliphatic carbocycles. The van der Waals surface area contributed by atoms with E-state index in [1.807, 2.05) is 0 Å².